The number of aliphatic hydroxyl groups is 3. The van der Waals surface area contributed by atoms with Gasteiger partial charge in [-0.1, -0.05) is 6.92 Å². The molecular weight excluding hydrogens is 206 g/mol. The highest BCUT2D eigenvalue weighted by Crippen LogP contribution is 2.25. The molecule has 0 aromatic carbocycles. The Kier molecular flexibility index (Phi) is 3.97. The van der Waals surface area contributed by atoms with Crippen LogP contribution in [-0.2, 0) is 4.74 Å². The van der Waals surface area contributed by atoms with Crippen molar-refractivity contribution in [1.82, 2.24) is 0 Å². The van der Waals surface area contributed by atoms with Gasteiger partial charge in [0.25, 0.3) is 0 Å². The molecule has 7 nitrogen and oxygen atoms in total. The monoisotopic (exact) mass is 221 g/mol. The fraction of sp³-hybridized carbons (Fsp3) is 1.00. The van der Waals surface area contributed by atoms with E-state index < -0.39 is 48.4 Å². The number of rotatable bonds is 3. The standard InChI is InChI=1S/C8H15NO6/c1-4-5(2-9(13)14)15-6(3-10)8(12)7(4)11/h4-8,10-12H,2-3H2,1H3. The first-order valence-corrected chi connectivity index (χ1v) is 4.71. The smallest absolute Gasteiger partial charge is 0.230 e. The minimum absolute atomic E-state index is 0.443. The van der Waals surface area contributed by atoms with Crippen molar-refractivity contribution in [2.24, 2.45) is 5.92 Å². The van der Waals surface area contributed by atoms with Crippen molar-refractivity contribution in [3.8, 4) is 0 Å². The van der Waals surface area contributed by atoms with Crippen molar-refractivity contribution in [1.29, 1.82) is 0 Å². The van der Waals surface area contributed by atoms with E-state index in [9.17, 15) is 20.3 Å². The number of hydrogen-bond donors (Lipinski definition) is 3. The summed E-state index contributed by atoms with van der Waals surface area (Å²) in [6, 6.07) is 0. The van der Waals surface area contributed by atoms with Gasteiger partial charge in [-0.25, -0.2) is 0 Å². The molecule has 1 aliphatic rings. The molecule has 1 aliphatic heterocycles. The third-order valence-electron chi connectivity index (χ3n) is 2.71. The Morgan fingerprint density at radius 2 is 1.93 bits per heavy atom. The Hall–Kier alpha value is -0.760. The van der Waals surface area contributed by atoms with E-state index in [0.717, 1.165) is 0 Å². The van der Waals surface area contributed by atoms with Crippen LogP contribution in [0.4, 0.5) is 0 Å². The van der Waals surface area contributed by atoms with Gasteiger partial charge in [-0.3, -0.25) is 10.1 Å². The molecule has 0 spiro atoms. The van der Waals surface area contributed by atoms with Crippen LogP contribution in [0.5, 0.6) is 0 Å². The molecule has 88 valence electrons. The van der Waals surface area contributed by atoms with Crippen molar-refractivity contribution in [2.75, 3.05) is 13.2 Å². The zero-order chi connectivity index (χ0) is 11.6. The van der Waals surface area contributed by atoms with E-state index in [4.69, 9.17) is 9.84 Å². The van der Waals surface area contributed by atoms with E-state index in [-0.39, 0.29) is 0 Å². The van der Waals surface area contributed by atoms with E-state index in [1.165, 1.54) is 0 Å². The van der Waals surface area contributed by atoms with Gasteiger partial charge in [-0.2, -0.15) is 0 Å². The Morgan fingerprint density at radius 1 is 1.33 bits per heavy atom. The highest BCUT2D eigenvalue weighted by Gasteiger charge is 2.43. The maximum atomic E-state index is 10.3. The zero-order valence-electron chi connectivity index (χ0n) is 8.31. The van der Waals surface area contributed by atoms with Crippen molar-refractivity contribution < 1.29 is 25.0 Å². The minimum Gasteiger partial charge on any atom is -0.394 e. The second kappa shape index (κ2) is 4.84. The maximum absolute atomic E-state index is 10.3. The van der Waals surface area contributed by atoms with Gasteiger partial charge in [-0.15, -0.1) is 0 Å². The van der Waals surface area contributed by atoms with Crippen molar-refractivity contribution in [3.05, 3.63) is 10.1 Å². The molecule has 5 unspecified atom stereocenters. The summed E-state index contributed by atoms with van der Waals surface area (Å²) in [7, 11) is 0. The number of nitro groups is 1. The second-order valence-corrected chi connectivity index (χ2v) is 3.75. The molecule has 1 heterocycles. The van der Waals surface area contributed by atoms with Gasteiger partial charge in [-0.05, 0) is 0 Å². The Balaban J connectivity index is 2.69. The molecule has 3 N–H and O–H groups in total. The van der Waals surface area contributed by atoms with E-state index >= 15 is 0 Å². The summed E-state index contributed by atoms with van der Waals surface area (Å²) in [4.78, 5) is 9.77. The molecule has 15 heavy (non-hydrogen) atoms. The van der Waals surface area contributed by atoms with Crippen LogP contribution in [0.25, 0.3) is 0 Å². The van der Waals surface area contributed by atoms with E-state index in [2.05, 4.69) is 0 Å². The summed E-state index contributed by atoms with van der Waals surface area (Å²) >= 11 is 0. The van der Waals surface area contributed by atoms with Gasteiger partial charge in [0.15, 0.2) is 0 Å². The van der Waals surface area contributed by atoms with Gasteiger partial charge in [0.05, 0.1) is 12.7 Å². The first-order valence-electron chi connectivity index (χ1n) is 4.71. The first-order chi connectivity index (χ1) is 6.97. The summed E-state index contributed by atoms with van der Waals surface area (Å²) in [6.07, 6.45) is -4.05. The summed E-state index contributed by atoms with van der Waals surface area (Å²) in [5.41, 5.74) is 0. The average molecular weight is 221 g/mol. The highest BCUT2D eigenvalue weighted by atomic mass is 16.6. The van der Waals surface area contributed by atoms with Gasteiger partial charge >= 0.3 is 0 Å². The average Bonchev–Trinajstić information content (AvgIpc) is 2.18. The second-order valence-electron chi connectivity index (χ2n) is 3.75. The van der Waals surface area contributed by atoms with Gasteiger partial charge < -0.3 is 20.1 Å². The van der Waals surface area contributed by atoms with Crippen molar-refractivity contribution in [2.45, 2.75) is 31.3 Å². The van der Waals surface area contributed by atoms with Gasteiger partial charge in [0, 0.05) is 10.8 Å². The molecule has 0 aromatic heterocycles. The number of ether oxygens (including phenoxy) is 1. The number of nitrogens with zero attached hydrogens (tertiary/aromatic N) is 1. The summed E-state index contributed by atoms with van der Waals surface area (Å²) < 4.78 is 5.14. The molecular formula is C8H15NO6. The molecule has 0 saturated carbocycles. The van der Waals surface area contributed by atoms with Crippen molar-refractivity contribution >= 4 is 0 Å². The number of aliphatic hydroxyl groups excluding tert-OH is 3. The molecule has 1 fully saturated rings. The molecule has 0 bridgehead atoms. The van der Waals surface area contributed by atoms with E-state index in [1.54, 1.807) is 6.92 Å². The number of hydrogen-bond acceptors (Lipinski definition) is 6. The maximum Gasteiger partial charge on any atom is 0.230 e. The van der Waals surface area contributed by atoms with Crippen LogP contribution in [0.15, 0.2) is 0 Å². The largest absolute Gasteiger partial charge is 0.394 e. The molecule has 7 heteroatoms. The predicted molar refractivity (Wildman–Crippen MR) is 48.8 cm³/mol. The lowest BCUT2D eigenvalue weighted by Crippen LogP contribution is -2.56. The Bertz CT molecular complexity index is 233. The zero-order valence-corrected chi connectivity index (χ0v) is 8.31. The molecule has 0 radical (unpaired) electrons. The molecule has 0 aliphatic carbocycles. The van der Waals surface area contributed by atoms with Crippen LogP contribution in [-0.4, -0.2) is 57.8 Å². The molecule has 1 saturated heterocycles. The van der Waals surface area contributed by atoms with Crippen molar-refractivity contribution in [3.63, 3.8) is 0 Å². The quantitative estimate of drug-likeness (QED) is 0.390. The lowest BCUT2D eigenvalue weighted by molar-refractivity contribution is -0.498. The molecule has 1 rings (SSSR count). The predicted octanol–water partition coefficient (Wildman–Crippen LogP) is -1.62. The lowest BCUT2D eigenvalue weighted by Gasteiger charge is -2.39. The molecule has 0 amide bonds. The third kappa shape index (κ3) is 2.63. The minimum atomic E-state index is -1.20. The van der Waals surface area contributed by atoms with Crippen LogP contribution < -0.4 is 0 Å². The summed E-state index contributed by atoms with van der Waals surface area (Å²) in [5, 5.41) is 38.2. The third-order valence-corrected chi connectivity index (χ3v) is 2.71. The fourth-order valence-electron chi connectivity index (χ4n) is 1.69. The Morgan fingerprint density at radius 3 is 2.40 bits per heavy atom. The van der Waals surface area contributed by atoms with Gasteiger partial charge in [0.2, 0.25) is 6.54 Å². The lowest BCUT2D eigenvalue weighted by atomic mass is 9.88. The van der Waals surface area contributed by atoms with E-state index in [1.807, 2.05) is 0 Å². The summed E-state index contributed by atoms with van der Waals surface area (Å²) in [5.74, 6) is -0.534. The van der Waals surface area contributed by atoms with Crippen LogP contribution in [0, 0.1) is 16.0 Å². The normalized spacial score (nSPS) is 41.5. The topological polar surface area (TPSA) is 113 Å². The van der Waals surface area contributed by atoms with Crippen LogP contribution >= 0.6 is 0 Å². The van der Waals surface area contributed by atoms with E-state index in [0.29, 0.717) is 0 Å². The van der Waals surface area contributed by atoms with Gasteiger partial charge in [0.1, 0.15) is 18.3 Å². The fourth-order valence-corrected chi connectivity index (χ4v) is 1.69. The molecule has 5 atom stereocenters. The Labute approximate surface area is 86.4 Å². The van der Waals surface area contributed by atoms with Crippen LogP contribution in [0.1, 0.15) is 6.92 Å². The molecule has 0 aromatic rings. The van der Waals surface area contributed by atoms with Crippen LogP contribution in [0.3, 0.4) is 0 Å². The highest BCUT2D eigenvalue weighted by molar-refractivity contribution is 4.89. The first kappa shape index (κ1) is 12.3. The summed E-state index contributed by atoms with van der Waals surface area (Å²) in [6.45, 7) is 0.649. The SMILES string of the molecule is CC1C(C[N+](=O)[O-])OC(CO)C(O)C1O. The van der Waals surface area contributed by atoms with Crippen LogP contribution in [0.2, 0.25) is 0 Å².